The first-order valence-electron chi connectivity index (χ1n) is 5.41. The molecule has 5 nitrogen and oxygen atoms in total. The molecule has 2 N–H and O–H groups in total. The standard InChI is InChI=1S/C11H13N5/c1-7-8-2-3-12-6-9(8)16-11(15-7)10-13-4-5-14-10/h4-5,12H,2-3,6H2,1H3,(H,13,14). The molecule has 1 aliphatic rings. The second-order valence-corrected chi connectivity index (χ2v) is 3.92. The molecule has 16 heavy (non-hydrogen) atoms. The summed E-state index contributed by atoms with van der Waals surface area (Å²) in [5, 5.41) is 3.32. The first-order chi connectivity index (χ1) is 7.84. The van der Waals surface area contributed by atoms with Crippen molar-refractivity contribution < 1.29 is 0 Å². The van der Waals surface area contributed by atoms with Gasteiger partial charge in [0.15, 0.2) is 11.6 Å². The van der Waals surface area contributed by atoms with Gasteiger partial charge in [-0.25, -0.2) is 15.0 Å². The Hall–Kier alpha value is -1.75. The summed E-state index contributed by atoms with van der Waals surface area (Å²) >= 11 is 0. The lowest BCUT2D eigenvalue weighted by molar-refractivity contribution is 0.619. The maximum absolute atomic E-state index is 4.55. The summed E-state index contributed by atoms with van der Waals surface area (Å²) < 4.78 is 0. The third-order valence-electron chi connectivity index (χ3n) is 2.85. The molecular formula is C11H13N5. The van der Waals surface area contributed by atoms with E-state index in [1.807, 2.05) is 6.92 Å². The molecule has 2 aromatic rings. The van der Waals surface area contributed by atoms with Gasteiger partial charge in [-0.3, -0.25) is 0 Å². The van der Waals surface area contributed by atoms with Gasteiger partial charge in [0.05, 0.1) is 5.69 Å². The van der Waals surface area contributed by atoms with Crippen LogP contribution >= 0.6 is 0 Å². The van der Waals surface area contributed by atoms with E-state index in [9.17, 15) is 0 Å². The van der Waals surface area contributed by atoms with Gasteiger partial charge in [0, 0.05) is 24.6 Å². The molecule has 0 amide bonds. The lowest BCUT2D eigenvalue weighted by Gasteiger charge is -2.18. The van der Waals surface area contributed by atoms with Gasteiger partial charge in [-0.15, -0.1) is 0 Å². The van der Waals surface area contributed by atoms with Crippen LogP contribution in [0.15, 0.2) is 12.4 Å². The number of H-pyrrole nitrogens is 1. The molecule has 0 bridgehead atoms. The van der Waals surface area contributed by atoms with Crippen molar-refractivity contribution in [2.24, 2.45) is 0 Å². The van der Waals surface area contributed by atoms with Crippen molar-refractivity contribution in [3.63, 3.8) is 0 Å². The number of nitrogens with one attached hydrogen (secondary N) is 2. The molecule has 1 aliphatic heterocycles. The number of fused-ring (bicyclic) bond motifs is 1. The lowest BCUT2D eigenvalue weighted by atomic mass is 10.1. The number of aromatic nitrogens is 4. The van der Waals surface area contributed by atoms with Crippen LogP contribution in [0.25, 0.3) is 11.6 Å². The van der Waals surface area contributed by atoms with Crippen molar-refractivity contribution in [2.75, 3.05) is 6.54 Å². The topological polar surface area (TPSA) is 66.5 Å². The van der Waals surface area contributed by atoms with E-state index in [2.05, 4.69) is 25.3 Å². The van der Waals surface area contributed by atoms with E-state index < -0.39 is 0 Å². The van der Waals surface area contributed by atoms with Crippen LogP contribution in [0.3, 0.4) is 0 Å². The van der Waals surface area contributed by atoms with E-state index >= 15 is 0 Å². The van der Waals surface area contributed by atoms with Crippen LogP contribution in [-0.4, -0.2) is 26.5 Å². The predicted octanol–water partition coefficient (Wildman–Crippen LogP) is 0.821. The van der Waals surface area contributed by atoms with E-state index in [1.54, 1.807) is 12.4 Å². The first kappa shape index (κ1) is 9.47. The van der Waals surface area contributed by atoms with E-state index in [4.69, 9.17) is 0 Å². The number of imidazole rings is 1. The van der Waals surface area contributed by atoms with Gasteiger partial charge in [0.2, 0.25) is 0 Å². The highest BCUT2D eigenvalue weighted by Gasteiger charge is 2.16. The fourth-order valence-corrected chi connectivity index (χ4v) is 2.04. The van der Waals surface area contributed by atoms with Crippen molar-refractivity contribution in [1.82, 2.24) is 25.3 Å². The molecular weight excluding hydrogens is 202 g/mol. The van der Waals surface area contributed by atoms with Gasteiger partial charge in [-0.2, -0.15) is 0 Å². The molecule has 2 aromatic heterocycles. The molecule has 0 fully saturated rings. The van der Waals surface area contributed by atoms with Crippen molar-refractivity contribution in [1.29, 1.82) is 0 Å². The highest BCUT2D eigenvalue weighted by atomic mass is 15.0. The molecule has 5 heteroatoms. The summed E-state index contributed by atoms with van der Waals surface area (Å²) in [7, 11) is 0. The van der Waals surface area contributed by atoms with Crippen molar-refractivity contribution in [2.45, 2.75) is 19.9 Å². The number of aryl methyl sites for hydroxylation is 1. The highest BCUT2D eigenvalue weighted by molar-refractivity contribution is 5.45. The maximum Gasteiger partial charge on any atom is 0.196 e. The van der Waals surface area contributed by atoms with Crippen LogP contribution in [0.1, 0.15) is 17.0 Å². The Balaban J connectivity index is 2.12. The quantitative estimate of drug-likeness (QED) is 0.739. The molecule has 0 saturated carbocycles. The fourth-order valence-electron chi connectivity index (χ4n) is 2.04. The number of rotatable bonds is 1. The minimum atomic E-state index is 0.685. The van der Waals surface area contributed by atoms with Crippen molar-refractivity contribution >= 4 is 0 Å². The predicted molar refractivity (Wildman–Crippen MR) is 59.8 cm³/mol. The van der Waals surface area contributed by atoms with Crippen molar-refractivity contribution in [3.05, 3.63) is 29.3 Å². The average molecular weight is 215 g/mol. The summed E-state index contributed by atoms with van der Waals surface area (Å²) in [5.41, 5.74) is 3.46. The number of hydrogen-bond acceptors (Lipinski definition) is 4. The third-order valence-corrected chi connectivity index (χ3v) is 2.85. The van der Waals surface area contributed by atoms with Crippen LogP contribution in [0.5, 0.6) is 0 Å². The molecule has 0 radical (unpaired) electrons. The molecule has 82 valence electrons. The van der Waals surface area contributed by atoms with E-state index in [-0.39, 0.29) is 0 Å². The Labute approximate surface area is 93.4 Å². The summed E-state index contributed by atoms with van der Waals surface area (Å²) in [6, 6.07) is 0. The van der Waals surface area contributed by atoms with E-state index in [0.717, 1.165) is 36.7 Å². The zero-order valence-electron chi connectivity index (χ0n) is 9.12. The second-order valence-electron chi connectivity index (χ2n) is 3.92. The Morgan fingerprint density at radius 2 is 2.25 bits per heavy atom. The Morgan fingerprint density at radius 1 is 1.31 bits per heavy atom. The zero-order chi connectivity index (χ0) is 11.0. The van der Waals surface area contributed by atoms with Gasteiger partial charge in [-0.1, -0.05) is 0 Å². The van der Waals surface area contributed by atoms with Gasteiger partial charge >= 0.3 is 0 Å². The normalized spacial score (nSPS) is 14.8. The number of nitrogens with zero attached hydrogens (tertiary/aromatic N) is 3. The SMILES string of the molecule is Cc1nc(-c2ncc[nH]2)nc2c1CCNC2. The summed E-state index contributed by atoms with van der Waals surface area (Å²) in [5.74, 6) is 1.42. The molecule has 0 aliphatic carbocycles. The molecule has 0 aromatic carbocycles. The van der Waals surface area contributed by atoms with Gasteiger partial charge < -0.3 is 10.3 Å². The lowest BCUT2D eigenvalue weighted by Crippen LogP contribution is -2.26. The van der Waals surface area contributed by atoms with Crippen LogP contribution in [0.2, 0.25) is 0 Å². The summed E-state index contributed by atoms with van der Waals surface area (Å²) in [6.07, 6.45) is 4.51. The third kappa shape index (κ3) is 1.49. The van der Waals surface area contributed by atoms with Crippen molar-refractivity contribution in [3.8, 4) is 11.6 Å². The minimum Gasteiger partial charge on any atom is -0.342 e. The van der Waals surface area contributed by atoms with Crippen LogP contribution in [0.4, 0.5) is 0 Å². The Morgan fingerprint density at radius 3 is 3.06 bits per heavy atom. The summed E-state index contributed by atoms with van der Waals surface area (Å²) in [6.45, 7) is 3.88. The van der Waals surface area contributed by atoms with Crippen LogP contribution in [0, 0.1) is 6.92 Å². The minimum absolute atomic E-state index is 0.685. The smallest absolute Gasteiger partial charge is 0.196 e. The largest absolute Gasteiger partial charge is 0.342 e. The summed E-state index contributed by atoms with van der Waals surface area (Å²) in [4.78, 5) is 16.3. The van der Waals surface area contributed by atoms with Gasteiger partial charge in [-0.05, 0) is 25.5 Å². The molecule has 0 atom stereocenters. The average Bonchev–Trinajstić information content (AvgIpc) is 2.82. The highest BCUT2D eigenvalue weighted by Crippen LogP contribution is 2.18. The molecule has 3 rings (SSSR count). The number of hydrogen-bond donors (Lipinski definition) is 2. The van der Waals surface area contributed by atoms with Gasteiger partial charge in [0.25, 0.3) is 0 Å². The fraction of sp³-hybridized carbons (Fsp3) is 0.364. The second kappa shape index (κ2) is 3.68. The number of aromatic amines is 1. The van der Waals surface area contributed by atoms with Crippen LogP contribution in [-0.2, 0) is 13.0 Å². The van der Waals surface area contributed by atoms with E-state index in [0.29, 0.717) is 5.82 Å². The monoisotopic (exact) mass is 215 g/mol. The molecule has 0 unspecified atom stereocenters. The molecule has 0 spiro atoms. The Bertz CT molecular complexity index is 503. The van der Waals surface area contributed by atoms with Gasteiger partial charge in [0.1, 0.15) is 0 Å². The zero-order valence-corrected chi connectivity index (χ0v) is 9.12. The van der Waals surface area contributed by atoms with Crippen LogP contribution < -0.4 is 5.32 Å². The molecule has 3 heterocycles. The van der Waals surface area contributed by atoms with E-state index in [1.165, 1.54) is 5.56 Å². The maximum atomic E-state index is 4.55. The molecule has 0 saturated heterocycles. The first-order valence-corrected chi connectivity index (χ1v) is 5.41. The Kier molecular flexibility index (Phi) is 2.18.